The van der Waals surface area contributed by atoms with E-state index in [0.717, 1.165) is 34.1 Å². The summed E-state index contributed by atoms with van der Waals surface area (Å²) < 4.78 is 42.5. The van der Waals surface area contributed by atoms with Gasteiger partial charge in [-0.05, 0) is 89.8 Å². The van der Waals surface area contributed by atoms with Crippen LogP contribution in [-0.2, 0) is 51.0 Å². The highest BCUT2D eigenvalue weighted by Gasteiger charge is 2.60. The number of cyclic esters (lactones) is 1. The normalized spacial score (nSPS) is 34.0. The Morgan fingerprint density at radius 1 is 1.03 bits per heavy atom. The van der Waals surface area contributed by atoms with Crippen molar-refractivity contribution in [3.63, 3.8) is 0 Å². The van der Waals surface area contributed by atoms with Gasteiger partial charge in [-0.25, -0.2) is 15.6 Å². The van der Waals surface area contributed by atoms with Crippen molar-refractivity contribution in [1.29, 1.82) is 0 Å². The second-order valence-electron chi connectivity index (χ2n) is 18.3. The molecule has 0 saturated carbocycles. The Labute approximate surface area is 384 Å². The number of hydrogen-bond acceptors (Lipinski definition) is 18. The molecule has 3 saturated heterocycles. The fourth-order valence-electron chi connectivity index (χ4n) is 9.78. The number of aliphatic hydroxyl groups is 1. The van der Waals surface area contributed by atoms with Gasteiger partial charge < -0.3 is 38.4 Å². The summed E-state index contributed by atoms with van der Waals surface area (Å²) in [7, 11) is 3.38. The molecule has 2 aromatic heterocycles. The lowest BCUT2D eigenvalue weighted by molar-refractivity contribution is -0.296. The molecule has 13 atom stereocenters. The van der Waals surface area contributed by atoms with Gasteiger partial charge in [-0.3, -0.25) is 19.1 Å². The predicted octanol–water partition coefficient (Wildman–Crippen LogP) is 4.26. The van der Waals surface area contributed by atoms with Crippen LogP contribution >= 0.6 is 11.5 Å². The van der Waals surface area contributed by atoms with Gasteiger partial charge in [-0.1, -0.05) is 37.4 Å². The van der Waals surface area contributed by atoms with Crippen LogP contribution in [0.3, 0.4) is 0 Å². The SMILES string of the molecule is CC[C@H]1OC(=O)[C@H](C)C(=O)[C@H](C)[C@@H](O[C@@H]2O[C@@H](C)C[C@H](N(C)CCc3cn(CCCOc4ccc(-c5csnn5)cc4)nn3)[C@H]2O)[C@](C)(OC)C[C@@H](C)C(=O)[C@H](C)[C@H]2N(N)C(=O)O[C@]12C. The zero-order chi connectivity index (χ0) is 47.4. The highest BCUT2D eigenvalue weighted by atomic mass is 32.1. The number of aryl methyl sites for hydroxylation is 1. The maximum Gasteiger partial charge on any atom is 0.425 e. The van der Waals surface area contributed by atoms with Gasteiger partial charge in [-0.2, -0.15) is 0 Å². The maximum absolute atomic E-state index is 14.4. The van der Waals surface area contributed by atoms with Crippen LogP contribution in [0.2, 0.25) is 0 Å². The van der Waals surface area contributed by atoms with E-state index in [2.05, 4.69) is 19.9 Å². The van der Waals surface area contributed by atoms with Crippen LogP contribution in [-0.4, -0.2) is 145 Å². The van der Waals surface area contributed by atoms with E-state index >= 15 is 0 Å². The Bertz CT molecular complexity index is 2090. The number of aliphatic hydroxyl groups excluding tert-OH is 1. The van der Waals surface area contributed by atoms with E-state index in [1.807, 2.05) is 54.7 Å². The van der Waals surface area contributed by atoms with Gasteiger partial charge in [-0.15, -0.1) is 10.2 Å². The first-order valence-electron chi connectivity index (χ1n) is 22.5. The van der Waals surface area contributed by atoms with Crippen LogP contribution in [0.5, 0.6) is 5.75 Å². The van der Waals surface area contributed by atoms with Crippen molar-refractivity contribution < 1.29 is 52.7 Å². The first kappa shape index (κ1) is 50.0. The first-order chi connectivity index (χ1) is 30.8. The molecule has 65 heavy (non-hydrogen) atoms. The summed E-state index contributed by atoms with van der Waals surface area (Å²) in [5.41, 5.74) is -0.204. The minimum Gasteiger partial charge on any atom is -0.494 e. The average molecular weight is 927 g/mol. The lowest BCUT2D eigenvalue weighted by Crippen LogP contribution is -2.61. The number of carbonyl (C=O) groups is 4. The fourth-order valence-corrected chi connectivity index (χ4v) is 10.2. The average Bonchev–Trinajstić information content (AvgIpc) is 4.05. The quantitative estimate of drug-likeness (QED) is 0.0756. The molecule has 0 aliphatic carbocycles. The summed E-state index contributed by atoms with van der Waals surface area (Å²) in [6.07, 6.45) is -1.73. The number of ketones is 2. The number of amides is 1. The highest BCUT2D eigenvalue weighted by molar-refractivity contribution is 7.03. The third-order valence-corrected chi connectivity index (χ3v) is 14.1. The molecule has 3 aliphatic heterocycles. The summed E-state index contributed by atoms with van der Waals surface area (Å²) in [6, 6.07) is 6.35. The second kappa shape index (κ2) is 21.0. The number of aromatic nitrogens is 5. The number of carbonyl (C=O) groups excluding carboxylic acids is 4. The van der Waals surface area contributed by atoms with E-state index in [1.165, 1.54) is 25.6 Å². The Balaban J connectivity index is 1.12. The number of Topliss-reactive ketones (excluding diaryl/α,β-unsaturated/α-hetero) is 2. The number of rotatable bonds is 14. The number of esters is 1. The van der Waals surface area contributed by atoms with Gasteiger partial charge in [0.05, 0.1) is 30.1 Å². The molecule has 3 aromatic rings. The molecule has 358 valence electrons. The molecule has 0 unspecified atom stereocenters. The summed E-state index contributed by atoms with van der Waals surface area (Å²) in [4.78, 5) is 57.4. The van der Waals surface area contributed by atoms with Gasteiger partial charge in [0.1, 0.15) is 41.4 Å². The Hall–Kier alpha value is -4.44. The largest absolute Gasteiger partial charge is 0.494 e. The molecule has 1 amide bonds. The van der Waals surface area contributed by atoms with Crippen molar-refractivity contribution >= 4 is 35.2 Å². The molecule has 3 fully saturated rings. The van der Waals surface area contributed by atoms with E-state index < -0.39 is 89.4 Å². The number of methoxy groups -OCH3 is 1. The van der Waals surface area contributed by atoms with Crippen LogP contribution in [0.1, 0.15) is 86.8 Å². The number of ether oxygens (including phenoxy) is 6. The summed E-state index contributed by atoms with van der Waals surface area (Å²) in [5, 5.41) is 27.5. The van der Waals surface area contributed by atoms with E-state index in [0.29, 0.717) is 32.5 Å². The zero-order valence-corrected chi connectivity index (χ0v) is 39.9. The lowest BCUT2D eigenvalue weighted by atomic mass is 9.73. The van der Waals surface area contributed by atoms with Crippen molar-refractivity contribution in [1.82, 2.24) is 34.5 Å². The topological polar surface area (TPSA) is 233 Å². The zero-order valence-electron chi connectivity index (χ0n) is 39.1. The third-order valence-electron chi connectivity index (χ3n) is 13.6. The Morgan fingerprint density at radius 3 is 2.42 bits per heavy atom. The van der Waals surface area contributed by atoms with Crippen molar-refractivity contribution in [3.8, 4) is 17.0 Å². The maximum atomic E-state index is 14.4. The van der Waals surface area contributed by atoms with E-state index in [-0.39, 0.29) is 24.7 Å². The number of nitrogens with zero attached hydrogens (tertiary/aromatic N) is 7. The molecule has 0 bridgehead atoms. The van der Waals surface area contributed by atoms with Crippen molar-refractivity contribution in [2.75, 3.05) is 27.3 Å². The van der Waals surface area contributed by atoms with Gasteiger partial charge in [0.15, 0.2) is 17.7 Å². The van der Waals surface area contributed by atoms with Crippen LogP contribution in [0.4, 0.5) is 4.79 Å². The lowest BCUT2D eigenvalue weighted by Gasteiger charge is -2.47. The third kappa shape index (κ3) is 10.9. The molecule has 19 nitrogen and oxygen atoms in total. The number of hydrazine groups is 1. The molecule has 3 aliphatic rings. The Morgan fingerprint density at radius 2 is 1.75 bits per heavy atom. The van der Waals surface area contributed by atoms with Crippen LogP contribution in [0.15, 0.2) is 35.8 Å². The number of benzene rings is 1. The minimum atomic E-state index is -1.49. The number of fused-ring (bicyclic) bond motifs is 1. The monoisotopic (exact) mass is 926 g/mol. The number of likely N-dealkylation sites (N-methyl/N-ethyl adjacent to an activating group) is 1. The van der Waals surface area contributed by atoms with Gasteiger partial charge in [0.2, 0.25) is 0 Å². The second-order valence-corrected chi connectivity index (χ2v) is 19.0. The molecule has 0 spiro atoms. The van der Waals surface area contributed by atoms with Crippen LogP contribution in [0, 0.1) is 23.7 Å². The number of hydrogen-bond donors (Lipinski definition) is 2. The van der Waals surface area contributed by atoms with Crippen molar-refractivity contribution in [3.05, 3.63) is 41.5 Å². The fraction of sp³-hybridized carbons (Fsp3) is 0.689. The van der Waals surface area contributed by atoms with E-state index in [9.17, 15) is 24.3 Å². The van der Waals surface area contributed by atoms with Crippen molar-refractivity contribution in [2.45, 2.75) is 148 Å². The van der Waals surface area contributed by atoms with E-state index in [1.54, 1.807) is 46.2 Å². The molecule has 6 rings (SSSR count). The Kier molecular flexibility index (Phi) is 16.2. The molecular formula is C45H66N8O11S. The van der Waals surface area contributed by atoms with Gasteiger partial charge in [0, 0.05) is 74.0 Å². The van der Waals surface area contributed by atoms with E-state index in [4.69, 9.17) is 34.3 Å². The molecule has 3 N–H and O–H groups in total. The summed E-state index contributed by atoms with van der Waals surface area (Å²) in [6.45, 7) is 15.2. The smallest absolute Gasteiger partial charge is 0.425 e. The first-order valence-corrected chi connectivity index (χ1v) is 23.3. The molecule has 1 aromatic carbocycles. The van der Waals surface area contributed by atoms with Crippen LogP contribution < -0.4 is 10.6 Å². The van der Waals surface area contributed by atoms with Crippen LogP contribution in [0.25, 0.3) is 11.3 Å². The minimum absolute atomic E-state index is 0.0730. The standard InChI is InChI=1S/C45H66N8O11S/c1-11-35-45(8)39(53(46)43(58)64-45)27(4)36(54)25(2)22-44(7,59-10)40(28(5)37(55)29(6)41(57)62-35)63-42-38(56)34(21-26(3)61-42)51(9)19-17-31-23-52(49-47-31)18-12-20-60-32-15-13-30(14-16-32)33-24-65-50-48-33/h13-16,23-29,34-35,38-40,42,56H,11-12,17-22,46H2,1-10H3/t25-,26+,27+,28+,29-,34+,35-,38-,39-,40-,42+,44-,45-/m1/s1. The summed E-state index contributed by atoms with van der Waals surface area (Å²) >= 11 is 1.31. The number of nitrogens with two attached hydrogens (primary N) is 1. The summed E-state index contributed by atoms with van der Waals surface area (Å²) in [5.74, 6) is 1.61. The molecular weight excluding hydrogens is 861 g/mol. The van der Waals surface area contributed by atoms with Gasteiger partial charge >= 0.3 is 12.1 Å². The van der Waals surface area contributed by atoms with Crippen molar-refractivity contribution in [2.24, 2.45) is 29.5 Å². The predicted molar refractivity (Wildman–Crippen MR) is 237 cm³/mol. The highest BCUT2D eigenvalue weighted by Crippen LogP contribution is 2.42. The molecule has 0 radical (unpaired) electrons. The van der Waals surface area contributed by atoms with Gasteiger partial charge in [0.25, 0.3) is 0 Å². The molecule has 20 heteroatoms. The molecule has 5 heterocycles.